The predicted molar refractivity (Wildman–Crippen MR) is 51.1 cm³/mol. The molecule has 3 heteroatoms. The molecule has 72 valence electrons. The third-order valence-electron chi connectivity index (χ3n) is 1.89. The third kappa shape index (κ3) is 2.52. The maximum Gasteiger partial charge on any atom is 0.183 e. The number of nitrogens with two attached hydrogens (primary N) is 1. The standard InChI is InChI=1S/C10H15NO2/c1-12-10(13-2)9-5-3-4-8(6-9)7-11/h3-6,10H,7,11H2,1-2H3. The molecule has 0 spiro atoms. The maximum atomic E-state index is 5.52. The van der Waals surface area contributed by atoms with E-state index in [1.54, 1.807) is 14.2 Å². The Labute approximate surface area is 78.5 Å². The molecule has 0 heterocycles. The number of hydrogen-bond acceptors (Lipinski definition) is 3. The average Bonchev–Trinajstić information content (AvgIpc) is 2.20. The van der Waals surface area contributed by atoms with Gasteiger partial charge in [0.1, 0.15) is 0 Å². The van der Waals surface area contributed by atoms with E-state index in [1.165, 1.54) is 0 Å². The van der Waals surface area contributed by atoms with E-state index in [1.807, 2.05) is 24.3 Å². The average molecular weight is 181 g/mol. The molecule has 0 amide bonds. The SMILES string of the molecule is COC(OC)c1cccc(CN)c1. The first-order valence-corrected chi connectivity index (χ1v) is 4.16. The summed E-state index contributed by atoms with van der Waals surface area (Å²) in [5.41, 5.74) is 7.59. The Kier molecular flexibility index (Phi) is 3.89. The molecule has 1 aromatic rings. The molecule has 0 atom stereocenters. The molecule has 0 aromatic heterocycles. The summed E-state index contributed by atoms with van der Waals surface area (Å²) < 4.78 is 10.2. The zero-order chi connectivity index (χ0) is 9.68. The van der Waals surface area contributed by atoms with Crippen molar-refractivity contribution in [3.05, 3.63) is 35.4 Å². The van der Waals surface area contributed by atoms with Crippen LogP contribution in [0.4, 0.5) is 0 Å². The lowest BCUT2D eigenvalue weighted by atomic mass is 10.1. The lowest BCUT2D eigenvalue weighted by molar-refractivity contribution is -0.106. The van der Waals surface area contributed by atoms with Crippen molar-refractivity contribution < 1.29 is 9.47 Å². The summed E-state index contributed by atoms with van der Waals surface area (Å²) in [5, 5.41) is 0. The Balaban J connectivity index is 2.86. The van der Waals surface area contributed by atoms with E-state index < -0.39 is 0 Å². The smallest absolute Gasteiger partial charge is 0.183 e. The summed E-state index contributed by atoms with van der Waals surface area (Å²) in [6.07, 6.45) is -0.300. The van der Waals surface area contributed by atoms with Crippen LogP contribution < -0.4 is 5.73 Å². The van der Waals surface area contributed by atoms with Crippen LogP contribution in [0.2, 0.25) is 0 Å². The van der Waals surface area contributed by atoms with Crippen LogP contribution in [0.1, 0.15) is 17.4 Å². The Morgan fingerprint density at radius 3 is 2.54 bits per heavy atom. The first kappa shape index (κ1) is 10.2. The van der Waals surface area contributed by atoms with Crippen molar-refractivity contribution in [3.63, 3.8) is 0 Å². The fourth-order valence-corrected chi connectivity index (χ4v) is 1.24. The van der Waals surface area contributed by atoms with Crippen LogP contribution in [0.5, 0.6) is 0 Å². The molecule has 0 fully saturated rings. The fourth-order valence-electron chi connectivity index (χ4n) is 1.24. The highest BCUT2D eigenvalue weighted by Crippen LogP contribution is 2.17. The van der Waals surface area contributed by atoms with Gasteiger partial charge in [-0.15, -0.1) is 0 Å². The Morgan fingerprint density at radius 2 is 2.00 bits per heavy atom. The molecule has 1 aromatic carbocycles. The van der Waals surface area contributed by atoms with Crippen molar-refractivity contribution >= 4 is 0 Å². The van der Waals surface area contributed by atoms with E-state index in [4.69, 9.17) is 15.2 Å². The first-order valence-electron chi connectivity index (χ1n) is 4.16. The Hall–Kier alpha value is -0.900. The van der Waals surface area contributed by atoms with Crippen LogP contribution in [0, 0.1) is 0 Å². The van der Waals surface area contributed by atoms with Crippen LogP contribution in [0.25, 0.3) is 0 Å². The molecule has 0 unspecified atom stereocenters. The molecule has 0 aliphatic heterocycles. The topological polar surface area (TPSA) is 44.5 Å². The molecule has 1 rings (SSSR count). The van der Waals surface area contributed by atoms with Crippen molar-refractivity contribution in [2.24, 2.45) is 5.73 Å². The summed E-state index contributed by atoms with van der Waals surface area (Å²) in [7, 11) is 3.23. The van der Waals surface area contributed by atoms with Crippen LogP contribution in [0.15, 0.2) is 24.3 Å². The number of methoxy groups -OCH3 is 2. The highest BCUT2D eigenvalue weighted by atomic mass is 16.7. The first-order chi connectivity index (χ1) is 6.31. The second-order valence-electron chi connectivity index (χ2n) is 2.75. The van der Waals surface area contributed by atoms with Gasteiger partial charge < -0.3 is 15.2 Å². The highest BCUT2D eigenvalue weighted by Gasteiger charge is 2.07. The van der Waals surface area contributed by atoms with Crippen LogP contribution >= 0.6 is 0 Å². The van der Waals surface area contributed by atoms with Gasteiger partial charge in [0.05, 0.1) is 0 Å². The summed E-state index contributed by atoms with van der Waals surface area (Å²) in [5.74, 6) is 0. The maximum absolute atomic E-state index is 5.52. The molecule has 0 aliphatic rings. The summed E-state index contributed by atoms with van der Waals surface area (Å²) in [6.45, 7) is 0.536. The molecule has 3 nitrogen and oxygen atoms in total. The summed E-state index contributed by atoms with van der Waals surface area (Å²) >= 11 is 0. The molecule has 0 aliphatic carbocycles. The molecule has 2 N–H and O–H groups in total. The third-order valence-corrected chi connectivity index (χ3v) is 1.89. The van der Waals surface area contributed by atoms with Crippen molar-refractivity contribution in [3.8, 4) is 0 Å². The lowest BCUT2D eigenvalue weighted by Gasteiger charge is -2.14. The predicted octanol–water partition coefficient (Wildman–Crippen LogP) is 1.44. The molecule has 0 saturated carbocycles. The van der Waals surface area contributed by atoms with Crippen molar-refractivity contribution in [1.82, 2.24) is 0 Å². The van der Waals surface area contributed by atoms with Gasteiger partial charge in [-0.1, -0.05) is 18.2 Å². The Morgan fingerprint density at radius 1 is 1.31 bits per heavy atom. The quantitative estimate of drug-likeness (QED) is 0.715. The van der Waals surface area contributed by atoms with Crippen LogP contribution in [-0.2, 0) is 16.0 Å². The van der Waals surface area contributed by atoms with E-state index in [-0.39, 0.29) is 6.29 Å². The minimum atomic E-state index is -0.300. The van der Waals surface area contributed by atoms with Gasteiger partial charge in [-0.3, -0.25) is 0 Å². The van der Waals surface area contributed by atoms with Gasteiger partial charge in [0.25, 0.3) is 0 Å². The van der Waals surface area contributed by atoms with Gasteiger partial charge in [-0.2, -0.15) is 0 Å². The van der Waals surface area contributed by atoms with Crippen molar-refractivity contribution in [2.75, 3.05) is 14.2 Å². The minimum Gasteiger partial charge on any atom is -0.352 e. The summed E-state index contributed by atoms with van der Waals surface area (Å²) in [4.78, 5) is 0. The number of hydrogen-bond donors (Lipinski definition) is 1. The zero-order valence-corrected chi connectivity index (χ0v) is 7.99. The van der Waals surface area contributed by atoms with E-state index in [9.17, 15) is 0 Å². The largest absolute Gasteiger partial charge is 0.352 e. The van der Waals surface area contributed by atoms with Crippen LogP contribution in [-0.4, -0.2) is 14.2 Å². The monoisotopic (exact) mass is 181 g/mol. The second kappa shape index (κ2) is 4.97. The number of rotatable bonds is 4. The van der Waals surface area contributed by atoms with Gasteiger partial charge in [0.15, 0.2) is 6.29 Å². The zero-order valence-electron chi connectivity index (χ0n) is 7.99. The number of benzene rings is 1. The molecule has 0 saturated heterocycles. The molecular formula is C10H15NO2. The molecule has 13 heavy (non-hydrogen) atoms. The van der Waals surface area contributed by atoms with E-state index >= 15 is 0 Å². The van der Waals surface area contributed by atoms with Gasteiger partial charge in [0.2, 0.25) is 0 Å². The second-order valence-corrected chi connectivity index (χ2v) is 2.75. The van der Waals surface area contributed by atoms with Gasteiger partial charge in [-0.25, -0.2) is 0 Å². The number of ether oxygens (including phenoxy) is 2. The lowest BCUT2D eigenvalue weighted by Crippen LogP contribution is -2.05. The molecular weight excluding hydrogens is 166 g/mol. The molecule has 0 bridgehead atoms. The highest BCUT2D eigenvalue weighted by molar-refractivity contribution is 5.24. The summed E-state index contributed by atoms with van der Waals surface area (Å²) in [6, 6.07) is 7.86. The van der Waals surface area contributed by atoms with E-state index in [0.717, 1.165) is 11.1 Å². The minimum absolute atomic E-state index is 0.300. The molecule has 0 radical (unpaired) electrons. The van der Waals surface area contributed by atoms with Crippen molar-refractivity contribution in [1.29, 1.82) is 0 Å². The van der Waals surface area contributed by atoms with Crippen molar-refractivity contribution in [2.45, 2.75) is 12.8 Å². The van der Waals surface area contributed by atoms with Gasteiger partial charge in [-0.05, 0) is 11.6 Å². The van der Waals surface area contributed by atoms with E-state index in [0.29, 0.717) is 6.54 Å². The Bertz CT molecular complexity index is 259. The van der Waals surface area contributed by atoms with E-state index in [2.05, 4.69) is 0 Å². The van der Waals surface area contributed by atoms with Gasteiger partial charge >= 0.3 is 0 Å². The fraction of sp³-hybridized carbons (Fsp3) is 0.400. The van der Waals surface area contributed by atoms with Crippen LogP contribution in [0.3, 0.4) is 0 Å². The van der Waals surface area contributed by atoms with Gasteiger partial charge in [0, 0.05) is 26.3 Å². The normalized spacial score (nSPS) is 10.8.